The quantitative estimate of drug-likeness (QED) is 0.362. The molecule has 1 aromatic rings. The second-order valence-corrected chi connectivity index (χ2v) is 2.32. The van der Waals surface area contributed by atoms with E-state index in [-0.39, 0.29) is 0 Å². The summed E-state index contributed by atoms with van der Waals surface area (Å²) in [5, 5.41) is 0. The third kappa shape index (κ3) is 1.28. The van der Waals surface area contributed by atoms with E-state index in [0.29, 0.717) is 16.4 Å². The maximum atomic E-state index is 5.56. The van der Waals surface area contributed by atoms with Gasteiger partial charge in [-0.25, -0.2) is 0 Å². The molecule has 0 aliphatic rings. The Morgan fingerprint density at radius 1 is 1.00 bits per heavy atom. The first kappa shape index (κ1) is 7.52. The molecule has 1 aromatic carbocycles. The largest absolute Gasteiger partial charge is 0.114 e. The van der Waals surface area contributed by atoms with Crippen LogP contribution in [0.2, 0.25) is 0 Å². The van der Waals surface area contributed by atoms with Gasteiger partial charge in [-0.1, -0.05) is 34.1 Å². The summed E-state index contributed by atoms with van der Waals surface area (Å²) in [4.78, 5) is 0. The van der Waals surface area contributed by atoms with Gasteiger partial charge >= 0.3 is 0 Å². The Bertz CT molecular complexity index is 232. The van der Waals surface area contributed by atoms with Crippen molar-refractivity contribution in [1.82, 2.24) is 0 Å². The molecule has 0 heterocycles. The second-order valence-electron chi connectivity index (χ2n) is 2.32. The standard InChI is InChI=1S/C7H5B3/c1-4-6(9)2-5(8)3-7(4)10/h2-3H,1H3. The summed E-state index contributed by atoms with van der Waals surface area (Å²) < 4.78 is 0. The van der Waals surface area contributed by atoms with E-state index in [0.717, 1.165) is 5.56 Å². The van der Waals surface area contributed by atoms with E-state index in [1.54, 1.807) is 12.1 Å². The highest BCUT2D eigenvalue weighted by Gasteiger charge is 1.94. The summed E-state index contributed by atoms with van der Waals surface area (Å²) in [6.45, 7) is 1.87. The normalized spacial score (nSPS) is 9.70. The van der Waals surface area contributed by atoms with Crippen LogP contribution < -0.4 is 16.4 Å². The molecule has 0 aliphatic heterocycles. The predicted octanol–water partition coefficient (Wildman–Crippen LogP) is -1.62. The summed E-state index contributed by atoms with van der Waals surface area (Å²) in [6, 6.07) is 3.40. The maximum Gasteiger partial charge on any atom is 0.114 e. The van der Waals surface area contributed by atoms with Crippen molar-refractivity contribution in [2.24, 2.45) is 0 Å². The van der Waals surface area contributed by atoms with E-state index in [9.17, 15) is 0 Å². The summed E-state index contributed by atoms with van der Waals surface area (Å²) in [5.41, 5.74) is 2.81. The van der Waals surface area contributed by atoms with Crippen LogP contribution in [0.4, 0.5) is 0 Å². The molecule has 42 valence electrons. The van der Waals surface area contributed by atoms with Gasteiger partial charge in [0.15, 0.2) is 0 Å². The van der Waals surface area contributed by atoms with Gasteiger partial charge in [0.05, 0.1) is 0 Å². The summed E-state index contributed by atoms with van der Waals surface area (Å²) in [7, 11) is 16.6. The molecule has 0 bridgehead atoms. The molecule has 0 fully saturated rings. The number of benzene rings is 1. The summed E-state index contributed by atoms with van der Waals surface area (Å²) in [5.74, 6) is 0. The minimum Gasteiger partial charge on any atom is -0.0978 e. The van der Waals surface area contributed by atoms with Crippen molar-refractivity contribution in [1.29, 1.82) is 0 Å². The lowest BCUT2D eigenvalue weighted by molar-refractivity contribution is 1.58. The van der Waals surface area contributed by atoms with Crippen LogP contribution in [0.25, 0.3) is 0 Å². The highest BCUT2D eigenvalue weighted by Crippen LogP contribution is 1.82. The maximum absolute atomic E-state index is 5.56. The zero-order valence-electron chi connectivity index (χ0n) is 5.89. The smallest absolute Gasteiger partial charge is 0.0978 e. The van der Waals surface area contributed by atoms with Crippen molar-refractivity contribution >= 4 is 39.9 Å². The SMILES string of the molecule is [B]c1cc([B])c(C)c([B])c1. The van der Waals surface area contributed by atoms with Crippen LogP contribution in [0.1, 0.15) is 5.56 Å². The molecule has 0 spiro atoms. The molecule has 0 aliphatic carbocycles. The van der Waals surface area contributed by atoms with Gasteiger partial charge in [-0.05, 0) is 6.92 Å². The van der Waals surface area contributed by atoms with Gasteiger partial charge in [0.2, 0.25) is 0 Å². The molecule has 6 radical (unpaired) electrons. The molecule has 10 heavy (non-hydrogen) atoms. The Morgan fingerprint density at radius 3 is 1.80 bits per heavy atom. The van der Waals surface area contributed by atoms with Gasteiger partial charge in [-0.15, -0.1) is 0 Å². The first-order valence-corrected chi connectivity index (χ1v) is 3.02. The predicted molar refractivity (Wildman–Crippen MR) is 47.3 cm³/mol. The Hall–Kier alpha value is -0.585. The molecule has 0 aromatic heterocycles. The monoisotopic (exact) mass is 122 g/mol. The fraction of sp³-hybridized carbons (Fsp3) is 0.143. The van der Waals surface area contributed by atoms with Gasteiger partial charge in [0, 0.05) is 0 Å². The fourth-order valence-corrected chi connectivity index (χ4v) is 0.784. The van der Waals surface area contributed by atoms with Crippen LogP contribution in [-0.4, -0.2) is 23.5 Å². The molecule has 0 saturated heterocycles. The van der Waals surface area contributed by atoms with Crippen LogP contribution in [0.5, 0.6) is 0 Å². The third-order valence-electron chi connectivity index (χ3n) is 1.51. The van der Waals surface area contributed by atoms with E-state index in [2.05, 4.69) is 0 Å². The van der Waals surface area contributed by atoms with Gasteiger partial charge in [-0.3, -0.25) is 0 Å². The zero-order chi connectivity index (χ0) is 7.72. The van der Waals surface area contributed by atoms with E-state index in [1.807, 2.05) is 6.92 Å². The van der Waals surface area contributed by atoms with Crippen molar-refractivity contribution in [3.05, 3.63) is 17.7 Å². The highest BCUT2D eigenvalue weighted by molar-refractivity contribution is 6.44. The van der Waals surface area contributed by atoms with Crippen molar-refractivity contribution in [2.75, 3.05) is 0 Å². The topological polar surface area (TPSA) is 0 Å². The van der Waals surface area contributed by atoms with Crippen LogP contribution in [0.3, 0.4) is 0 Å². The summed E-state index contributed by atoms with van der Waals surface area (Å²) >= 11 is 0. The zero-order valence-corrected chi connectivity index (χ0v) is 5.89. The van der Waals surface area contributed by atoms with E-state index in [4.69, 9.17) is 23.5 Å². The van der Waals surface area contributed by atoms with Crippen molar-refractivity contribution in [2.45, 2.75) is 6.92 Å². The average molecular weight is 122 g/mol. The molecule has 0 atom stereocenters. The lowest BCUT2D eigenvalue weighted by Gasteiger charge is -2.06. The number of hydrogen-bond donors (Lipinski definition) is 0. The number of rotatable bonds is 0. The van der Waals surface area contributed by atoms with Crippen LogP contribution in [0.15, 0.2) is 12.1 Å². The van der Waals surface area contributed by atoms with Crippen molar-refractivity contribution < 1.29 is 0 Å². The van der Waals surface area contributed by atoms with Crippen LogP contribution >= 0.6 is 0 Å². The van der Waals surface area contributed by atoms with E-state index >= 15 is 0 Å². The van der Waals surface area contributed by atoms with E-state index < -0.39 is 0 Å². The average Bonchev–Trinajstić information content (AvgIpc) is 1.82. The minimum absolute atomic E-state index is 0.612. The second kappa shape index (κ2) is 2.57. The molecule has 0 unspecified atom stereocenters. The van der Waals surface area contributed by atoms with Crippen LogP contribution in [-0.2, 0) is 0 Å². The lowest BCUT2D eigenvalue weighted by Crippen LogP contribution is -2.26. The first-order chi connectivity index (χ1) is 4.61. The Labute approximate surface area is 65.3 Å². The Morgan fingerprint density at radius 2 is 1.40 bits per heavy atom. The van der Waals surface area contributed by atoms with E-state index in [1.165, 1.54) is 0 Å². The molecule has 1 rings (SSSR count). The lowest BCUT2D eigenvalue weighted by atomic mass is 9.77. The highest BCUT2D eigenvalue weighted by atomic mass is 13.9. The fourth-order valence-electron chi connectivity index (χ4n) is 0.784. The Balaban J connectivity index is 3.31. The van der Waals surface area contributed by atoms with Gasteiger partial charge in [0.1, 0.15) is 23.5 Å². The number of hydrogen-bond acceptors (Lipinski definition) is 0. The molecule has 3 heteroatoms. The molecule has 0 N–H and O–H groups in total. The van der Waals surface area contributed by atoms with Gasteiger partial charge in [-0.2, -0.15) is 0 Å². The van der Waals surface area contributed by atoms with Gasteiger partial charge in [0.25, 0.3) is 0 Å². The molecular weight excluding hydrogens is 117 g/mol. The van der Waals surface area contributed by atoms with Crippen LogP contribution in [0, 0.1) is 6.92 Å². The molecule has 0 nitrogen and oxygen atoms in total. The van der Waals surface area contributed by atoms with Crippen molar-refractivity contribution in [3.63, 3.8) is 0 Å². The minimum atomic E-state index is 0.612. The summed E-state index contributed by atoms with van der Waals surface area (Å²) in [6.07, 6.45) is 0. The van der Waals surface area contributed by atoms with Crippen molar-refractivity contribution in [3.8, 4) is 0 Å². The third-order valence-corrected chi connectivity index (χ3v) is 1.51. The Kier molecular flexibility index (Phi) is 1.93. The van der Waals surface area contributed by atoms with Gasteiger partial charge < -0.3 is 0 Å². The first-order valence-electron chi connectivity index (χ1n) is 3.02. The molecule has 0 saturated carbocycles. The molecule has 0 amide bonds. The molecular formula is C7H5B3.